The molecule has 1 heterocycles. The number of aliphatic hydroxyl groups excluding tert-OH is 1. The lowest BCUT2D eigenvalue weighted by atomic mass is 10.0. The molecule has 1 fully saturated rings. The van der Waals surface area contributed by atoms with E-state index in [-0.39, 0.29) is 19.6 Å². The number of hydrogen-bond acceptors (Lipinski definition) is 7. The number of aliphatic hydroxyl groups is 1. The molecule has 1 aliphatic rings. The smallest absolute Gasteiger partial charge is 0.323 e. The average Bonchev–Trinajstić information content (AvgIpc) is 2.86. The second kappa shape index (κ2) is 7.19. The van der Waals surface area contributed by atoms with Crippen LogP contribution in [-0.2, 0) is 30.4 Å². The summed E-state index contributed by atoms with van der Waals surface area (Å²) in [6.45, 7) is -0.144. The third kappa shape index (κ3) is 4.77. The van der Waals surface area contributed by atoms with Gasteiger partial charge in [-0.25, -0.2) is 0 Å². The van der Waals surface area contributed by atoms with Crippen LogP contribution in [0.4, 0.5) is 0 Å². The minimum absolute atomic E-state index is 0.119. The number of ether oxygens (including phenoxy) is 1. The summed E-state index contributed by atoms with van der Waals surface area (Å²) in [5.41, 5.74) is 0.846. The zero-order valence-electron chi connectivity index (χ0n) is 12.1. The summed E-state index contributed by atoms with van der Waals surface area (Å²) in [6, 6.07) is 8.40. The molecule has 1 aliphatic heterocycles. The molecule has 0 bridgehead atoms. The molecule has 2 rings (SSSR count). The molecule has 1 aromatic carbocycles. The number of hydrogen-bond donors (Lipinski definition) is 2. The molecule has 1 saturated heterocycles. The fraction of sp³-hybridized carbons (Fsp3) is 0.500. The van der Waals surface area contributed by atoms with E-state index in [0.29, 0.717) is 0 Å². The molecule has 0 aromatic heterocycles. The highest BCUT2D eigenvalue weighted by molar-refractivity contribution is 7.86. The minimum Gasteiger partial charge on any atom is -0.460 e. The van der Waals surface area contributed by atoms with Gasteiger partial charge in [0.25, 0.3) is 10.1 Å². The lowest BCUT2D eigenvalue weighted by Crippen LogP contribution is -2.41. The molecule has 22 heavy (non-hydrogen) atoms. The largest absolute Gasteiger partial charge is 0.460 e. The molecule has 0 radical (unpaired) electrons. The normalized spacial score (nSPS) is 25.1. The fourth-order valence-electron chi connectivity index (χ4n) is 2.35. The van der Waals surface area contributed by atoms with Crippen molar-refractivity contribution in [2.45, 2.75) is 25.3 Å². The molecule has 3 unspecified atom stereocenters. The Hall–Kier alpha value is -1.48. The monoisotopic (exact) mass is 329 g/mol. The maximum absolute atomic E-state index is 12.1. The first-order valence-electron chi connectivity index (χ1n) is 6.85. The van der Waals surface area contributed by atoms with Crippen molar-refractivity contribution in [2.75, 3.05) is 12.9 Å². The van der Waals surface area contributed by atoms with Gasteiger partial charge in [0.2, 0.25) is 0 Å². The van der Waals surface area contributed by atoms with Gasteiger partial charge in [-0.2, -0.15) is 8.42 Å². The topological polar surface area (TPSA) is 102 Å². The molecular formula is C14H19NO6S. The van der Waals surface area contributed by atoms with Crippen LogP contribution in [0.1, 0.15) is 12.0 Å². The third-order valence-electron chi connectivity index (χ3n) is 3.36. The summed E-state index contributed by atoms with van der Waals surface area (Å²) in [4.78, 5) is 12.1. The van der Waals surface area contributed by atoms with E-state index in [4.69, 9.17) is 8.92 Å². The Labute approximate surface area is 129 Å². The van der Waals surface area contributed by atoms with Crippen molar-refractivity contribution in [1.29, 1.82) is 0 Å². The predicted molar refractivity (Wildman–Crippen MR) is 78.1 cm³/mol. The van der Waals surface area contributed by atoms with Crippen molar-refractivity contribution in [3.63, 3.8) is 0 Å². The zero-order chi connectivity index (χ0) is 16.2. The second-order valence-electron chi connectivity index (χ2n) is 5.20. The Kier molecular flexibility index (Phi) is 5.52. The van der Waals surface area contributed by atoms with Gasteiger partial charge < -0.3 is 9.84 Å². The second-order valence-corrected chi connectivity index (χ2v) is 6.81. The van der Waals surface area contributed by atoms with Crippen LogP contribution in [0, 0.1) is 5.92 Å². The standard InChI is InChI=1S/C14H19NO6S/c1-22(18,19)21-12-7-11(8-16)13(15-12)14(17)20-9-10-5-3-2-4-6-10/h2-6,11-13,15-16H,7-9H2,1H3. The Morgan fingerprint density at radius 3 is 2.64 bits per heavy atom. The van der Waals surface area contributed by atoms with Gasteiger partial charge in [-0.05, 0) is 12.0 Å². The molecule has 1 aromatic rings. The number of carbonyl (C=O) groups is 1. The van der Waals surface area contributed by atoms with Crippen LogP contribution >= 0.6 is 0 Å². The van der Waals surface area contributed by atoms with Crippen LogP contribution in [0.5, 0.6) is 0 Å². The zero-order valence-corrected chi connectivity index (χ0v) is 13.0. The van der Waals surface area contributed by atoms with Gasteiger partial charge in [0.05, 0.1) is 6.26 Å². The molecule has 0 saturated carbocycles. The van der Waals surface area contributed by atoms with Gasteiger partial charge in [-0.1, -0.05) is 30.3 Å². The molecule has 2 N–H and O–H groups in total. The van der Waals surface area contributed by atoms with Gasteiger partial charge in [-0.15, -0.1) is 0 Å². The molecule has 0 amide bonds. The highest BCUT2D eigenvalue weighted by Gasteiger charge is 2.40. The first-order valence-corrected chi connectivity index (χ1v) is 8.66. The van der Waals surface area contributed by atoms with Crippen LogP contribution in [-0.4, -0.2) is 44.6 Å². The van der Waals surface area contributed by atoms with Crippen molar-refractivity contribution >= 4 is 16.1 Å². The lowest BCUT2D eigenvalue weighted by Gasteiger charge is -2.16. The van der Waals surface area contributed by atoms with Crippen molar-refractivity contribution in [1.82, 2.24) is 5.32 Å². The molecule has 0 spiro atoms. The van der Waals surface area contributed by atoms with Crippen molar-refractivity contribution in [2.24, 2.45) is 5.92 Å². The lowest BCUT2D eigenvalue weighted by molar-refractivity contribution is -0.148. The van der Waals surface area contributed by atoms with Crippen LogP contribution in [0.25, 0.3) is 0 Å². The van der Waals surface area contributed by atoms with Crippen LogP contribution < -0.4 is 5.32 Å². The Bertz CT molecular complexity index is 603. The van der Waals surface area contributed by atoms with Gasteiger partial charge in [-0.3, -0.25) is 14.3 Å². The molecule has 7 nitrogen and oxygen atoms in total. The summed E-state index contributed by atoms with van der Waals surface area (Å²) in [7, 11) is -3.64. The minimum atomic E-state index is -3.64. The van der Waals surface area contributed by atoms with E-state index in [0.717, 1.165) is 11.8 Å². The molecule has 122 valence electrons. The quantitative estimate of drug-likeness (QED) is 0.559. The highest BCUT2D eigenvalue weighted by atomic mass is 32.2. The Morgan fingerprint density at radius 1 is 1.36 bits per heavy atom. The van der Waals surface area contributed by atoms with E-state index in [1.54, 1.807) is 0 Å². The SMILES string of the molecule is CS(=O)(=O)OC1CC(CO)C(C(=O)OCc2ccccc2)N1. The number of carbonyl (C=O) groups excluding carboxylic acids is 1. The molecular weight excluding hydrogens is 310 g/mol. The number of benzene rings is 1. The van der Waals surface area contributed by atoms with Gasteiger partial charge >= 0.3 is 5.97 Å². The van der Waals surface area contributed by atoms with Crippen molar-refractivity contribution in [3.05, 3.63) is 35.9 Å². The first kappa shape index (κ1) is 16.9. The van der Waals surface area contributed by atoms with Crippen molar-refractivity contribution < 1.29 is 27.2 Å². The summed E-state index contributed by atoms with van der Waals surface area (Å²) in [5.74, 6) is -0.988. The predicted octanol–water partition coefficient (Wildman–Crippen LogP) is 0.00250. The van der Waals surface area contributed by atoms with Crippen LogP contribution in [0.2, 0.25) is 0 Å². The summed E-state index contributed by atoms with van der Waals surface area (Å²) in [5, 5.41) is 12.1. The van der Waals surface area contributed by atoms with Crippen molar-refractivity contribution in [3.8, 4) is 0 Å². The Morgan fingerprint density at radius 2 is 2.05 bits per heavy atom. The number of nitrogens with one attached hydrogen (secondary N) is 1. The summed E-state index contributed by atoms with van der Waals surface area (Å²) in [6.07, 6.45) is 0.319. The average molecular weight is 329 g/mol. The van der Waals surface area contributed by atoms with Crippen LogP contribution in [0.3, 0.4) is 0 Å². The van der Waals surface area contributed by atoms with E-state index in [1.807, 2.05) is 30.3 Å². The molecule has 8 heteroatoms. The molecule has 3 atom stereocenters. The van der Waals surface area contributed by atoms with Gasteiger partial charge in [0, 0.05) is 12.5 Å². The molecule has 0 aliphatic carbocycles. The van der Waals surface area contributed by atoms with Gasteiger partial charge in [0.15, 0.2) is 0 Å². The number of rotatable bonds is 6. The van der Waals surface area contributed by atoms with E-state index >= 15 is 0 Å². The van der Waals surface area contributed by atoms with E-state index < -0.39 is 34.3 Å². The third-order valence-corrected chi connectivity index (χ3v) is 3.94. The fourth-order valence-corrected chi connectivity index (χ4v) is 2.91. The summed E-state index contributed by atoms with van der Waals surface area (Å²) >= 11 is 0. The van der Waals surface area contributed by atoms with Crippen LogP contribution in [0.15, 0.2) is 30.3 Å². The maximum Gasteiger partial charge on any atom is 0.323 e. The maximum atomic E-state index is 12.1. The van der Waals surface area contributed by atoms with E-state index in [2.05, 4.69) is 5.32 Å². The Balaban J connectivity index is 1.93. The van der Waals surface area contributed by atoms with Gasteiger partial charge in [0.1, 0.15) is 18.9 Å². The van der Waals surface area contributed by atoms with E-state index in [9.17, 15) is 18.3 Å². The highest BCUT2D eigenvalue weighted by Crippen LogP contribution is 2.23. The van der Waals surface area contributed by atoms with E-state index in [1.165, 1.54) is 0 Å². The first-order chi connectivity index (χ1) is 10.4. The summed E-state index contributed by atoms with van der Waals surface area (Å²) < 4.78 is 32.3. The number of esters is 1.